The van der Waals surface area contributed by atoms with Crippen molar-refractivity contribution in [3.05, 3.63) is 12.2 Å². The van der Waals surface area contributed by atoms with Crippen LogP contribution in [0.3, 0.4) is 0 Å². The Morgan fingerprint density at radius 2 is 2.11 bits per heavy atom. The number of likely N-dealkylation sites (N-methyl/N-ethyl adjacent to an activating group) is 1. The van der Waals surface area contributed by atoms with Crippen molar-refractivity contribution in [2.75, 3.05) is 20.6 Å². The van der Waals surface area contributed by atoms with Crippen molar-refractivity contribution in [2.45, 2.75) is 0 Å². The summed E-state index contributed by atoms with van der Waals surface area (Å²) in [5, 5.41) is 0. The molecule has 0 aliphatic rings. The molecule has 3 nitrogen and oxygen atoms in total. The van der Waals surface area contributed by atoms with Gasteiger partial charge in [0.05, 0.1) is 0 Å². The van der Waals surface area contributed by atoms with E-state index < -0.39 is 5.91 Å². The van der Waals surface area contributed by atoms with Crippen molar-refractivity contribution in [1.82, 2.24) is 4.90 Å². The van der Waals surface area contributed by atoms with E-state index in [1.807, 2.05) is 19.0 Å². The quantitative estimate of drug-likeness (QED) is 0.525. The van der Waals surface area contributed by atoms with E-state index in [0.717, 1.165) is 0 Å². The molecule has 0 unspecified atom stereocenters. The van der Waals surface area contributed by atoms with E-state index in [2.05, 4.69) is 6.58 Å². The molecule has 0 fully saturated rings. The van der Waals surface area contributed by atoms with Crippen LogP contribution in [0.4, 0.5) is 0 Å². The monoisotopic (exact) mass is 128 g/mol. The van der Waals surface area contributed by atoms with Crippen LogP contribution < -0.4 is 5.73 Å². The Kier molecular flexibility index (Phi) is 2.95. The molecule has 0 aliphatic carbocycles. The number of nitrogens with zero attached hydrogens (tertiary/aromatic N) is 1. The Morgan fingerprint density at radius 3 is 2.22 bits per heavy atom. The largest absolute Gasteiger partial charge is 0.366 e. The summed E-state index contributed by atoms with van der Waals surface area (Å²) in [4.78, 5) is 12.2. The minimum atomic E-state index is -0.427. The molecule has 0 saturated heterocycles. The summed E-state index contributed by atoms with van der Waals surface area (Å²) in [5.41, 5.74) is 5.36. The second-order valence-corrected chi connectivity index (χ2v) is 2.21. The van der Waals surface area contributed by atoms with Crippen molar-refractivity contribution < 1.29 is 4.79 Å². The van der Waals surface area contributed by atoms with Gasteiger partial charge in [-0.3, -0.25) is 4.79 Å². The van der Waals surface area contributed by atoms with Crippen molar-refractivity contribution in [2.24, 2.45) is 5.73 Å². The van der Waals surface area contributed by atoms with E-state index in [-0.39, 0.29) is 0 Å². The summed E-state index contributed by atoms with van der Waals surface area (Å²) < 4.78 is 0. The van der Waals surface area contributed by atoms with Gasteiger partial charge < -0.3 is 10.6 Å². The van der Waals surface area contributed by atoms with Crippen LogP contribution in [0.25, 0.3) is 0 Å². The molecular formula is C6H12N2O. The number of carbonyl (C=O) groups excluding carboxylic acids is 1. The summed E-state index contributed by atoms with van der Waals surface area (Å²) in [6, 6.07) is 0. The minimum absolute atomic E-state index is 0.427. The van der Waals surface area contributed by atoms with E-state index in [4.69, 9.17) is 5.73 Å². The van der Waals surface area contributed by atoms with Gasteiger partial charge in [0, 0.05) is 12.1 Å². The number of rotatable bonds is 3. The Hall–Kier alpha value is -0.830. The number of hydrogen-bond acceptors (Lipinski definition) is 2. The highest BCUT2D eigenvalue weighted by Gasteiger charge is 2.00. The molecule has 1 amide bonds. The molecule has 0 rings (SSSR count). The maximum atomic E-state index is 10.3. The standard InChI is InChI=1S/C6H12N2O/c1-5(6(7)9)4-8(2)3/h1,4H2,2-3H3,(H2,7,9). The van der Waals surface area contributed by atoms with E-state index in [0.29, 0.717) is 12.1 Å². The van der Waals surface area contributed by atoms with Crippen molar-refractivity contribution >= 4 is 5.91 Å². The van der Waals surface area contributed by atoms with Gasteiger partial charge in [-0.1, -0.05) is 6.58 Å². The van der Waals surface area contributed by atoms with Gasteiger partial charge in [-0.05, 0) is 14.1 Å². The average Bonchev–Trinajstić information content (AvgIpc) is 1.63. The van der Waals surface area contributed by atoms with Gasteiger partial charge in [-0.2, -0.15) is 0 Å². The van der Waals surface area contributed by atoms with Crippen LogP contribution in [0.2, 0.25) is 0 Å². The van der Waals surface area contributed by atoms with Gasteiger partial charge in [-0.25, -0.2) is 0 Å². The summed E-state index contributed by atoms with van der Waals surface area (Å²) in [7, 11) is 3.71. The van der Waals surface area contributed by atoms with Crippen molar-refractivity contribution in [1.29, 1.82) is 0 Å². The Morgan fingerprint density at radius 1 is 1.67 bits per heavy atom. The molecule has 0 atom stereocenters. The molecule has 0 bridgehead atoms. The van der Waals surface area contributed by atoms with E-state index in [9.17, 15) is 4.79 Å². The fourth-order valence-corrected chi connectivity index (χ4v) is 0.460. The van der Waals surface area contributed by atoms with Gasteiger partial charge in [0.1, 0.15) is 0 Å². The first-order chi connectivity index (χ1) is 4.04. The molecule has 0 aromatic carbocycles. The maximum Gasteiger partial charge on any atom is 0.245 e. The van der Waals surface area contributed by atoms with Gasteiger partial charge >= 0.3 is 0 Å². The molecular weight excluding hydrogens is 116 g/mol. The van der Waals surface area contributed by atoms with Crippen molar-refractivity contribution in [3.8, 4) is 0 Å². The molecule has 0 radical (unpaired) electrons. The fourth-order valence-electron chi connectivity index (χ4n) is 0.460. The molecule has 52 valence electrons. The molecule has 9 heavy (non-hydrogen) atoms. The van der Waals surface area contributed by atoms with Crippen LogP contribution in [0.15, 0.2) is 12.2 Å². The summed E-state index contributed by atoms with van der Waals surface area (Å²) in [5.74, 6) is -0.427. The van der Waals surface area contributed by atoms with Crippen LogP contribution in [0.1, 0.15) is 0 Å². The molecule has 0 aliphatic heterocycles. The number of amides is 1. The predicted molar refractivity (Wildman–Crippen MR) is 36.9 cm³/mol. The maximum absolute atomic E-state index is 10.3. The van der Waals surface area contributed by atoms with Crippen LogP contribution >= 0.6 is 0 Å². The topological polar surface area (TPSA) is 46.3 Å². The Labute approximate surface area is 55.1 Å². The van der Waals surface area contributed by atoms with Gasteiger partial charge in [0.15, 0.2) is 0 Å². The lowest BCUT2D eigenvalue weighted by Crippen LogP contribution is -2.23. The second-order valence-electron chi connectivity index (χ2n) is 2.21. The molecule has 0 aromatic rings. The second kappa shape index (κ2) is 3.25. The van der Waals surface area contributed by atoms with Crippen molar-refractivity contribution in [3.63, 3.8) is 0 Å². The molecule has 0 saturated carbocycles. The number of nitrogens with two attached hydrogens (primary N) is 1. The lowest BCUT2D eigenvalue weighted by Gasteiger charge is -2.08. The van der Waals surface area contributed by atoms with Gasteiger partial charge in [0.2, 0.25) is 5.91 Å². The summed E-state index contributed by atoms with van der Waals surface area (Å²) >= 11 is 0. The lowest BCUT2D eigenvalue weighted by molar-refractivity contribution is -0.114. The zero-order valence-electron chi connectivity index (χ0n) is 5.85. The third kappa shape index (κ3) is 3.73. The lowest BCUT2D eigenvalue weighted by atomic mass is 10.3. The molecule has 0 heterocycles. The smallest absolute Gasteiger partial charge is 0.245 e. The zero-order valence-corrected chi connectivity index (χ0v) is 5.85. The highest BCUT2D eigenvalue weighted by Crippen LogP contribution is 1.88. The number of hydrogen-bond donors (Lipinski definition) is 1. The van der Waals surface area contributed by atoms with E-state index >= 15 is 0 Å². The third-order valence-electron chi connectivity index (χ3n) is 0.856. The SMILES string of the molecule is C=C(CN(C)C)C(N)=O. The van der Waals surface area contributed by atoms with Crippen LogP contribution in [0, 0.1) is 0 Å². The summed E-state index contributed by atoms with van der Waals surface area (Å²) in [6.45, 7) is 4.02. The zero-order chi connectivity index (χ0) is 7.44. The molecule has 0 spiro atoms. The third-order valence-corrected chi connectivity index (χ3v) is 0.856. The summed E-state index contributed by atoms with van der Waals surface area (Å²) in [6.07, 6.45) is 0. The normalized spacial score (nSPS) is 9.67. The molecule has 0 aromatic heterocycles. The minimum Gasteiger partial charge on any atom is -0.366 e. The highest BCUT2D eigenvalue weighted by molar-refractivity contribution is 5.91. The fraction of sp³-hybridized carbons (Fsp3) is 0.500. The first kappa shape index (κ1) is 8.17. The van der Waals surface area contributed by atoms with Crippen LogP contribution in [0.5, 0.6) is 0 Å². The Balaban J connectivity index is 3.65. The molecule has 2 N–H and O–H groups in total. The predicted octanol–water partition coefficient (Wildman–Crippen LogP) is -0.410. The Bertz CT molecular complexity index is 129. The first-order valence-corrected chi connectivity index (χ1v) is 2.66. The van der Waals surface area contributed by atoms with Gasteiger partial charge in [0.25, 0.3) is 0 Å². The average molecular weight is 128 g/mol. The van der Waals surface area contributed by atoms with Crippen LogP contribution in [-0.4, -0.2) is 31.4 Å². The van der Waals surface area contributed by atoms with E-state index in [1.54, 1.807) is 0 Å². The van der Waals surface area contributed by atoms with Gasteiger partial charge in [-0.15, -0.1) is 0 Å². The number of primary amides is 1. The van der Waals surface area contributed by atoms with Crippen LogP contribution in [-0.2, 0) is 4.79 Å². The number of carbonyl (C=O) groups is 1. The first-order valence-electron chi connectivity index (χ1n) is 2.66. The van der Waals surface area contributed by atoms with E-state index in [1.165, 1.54) is 0 Å². The highest BCUT2D eigenvalue weighted by atomic mass is 16.1. The molecule has 3 heteroatoms.